The smallest absolute Gasteiger partial charge is 0.407 e. The van der Waals surface area contributed by atoms with E-state index in [0.29, 0.717) is 6.54 Å². The number of ether oxygens (including phenoxy) is 1. The van der Waals surface area contributed by atoms with E-state index in [4.69, 9.17) is 9.72 Å². The summed E-state index contributed by atoms with van der Waals surface area (Å²) in [5.74, 6) is 1.83. The summed E-state index contributed by atoms with van der Waals surface area (Å²) in [4.78, 5) is 16.5. The van der Waals surface area contributed by atoms with Crippen LogP contribution in [-0.4, -0.2) is 26.5 Å². The molecule has 6 heteroatoms. The monoisotopic (exact) mass is 356 g/mol. The Labute approximate surface area is 155 Å². The van der Waals surface area contributed by atoms with Gasteiger partial charge in [-0.2, -0.15) is 5.10 Å². The molecule has 2 aromatic rings. The van der Waals surface area contributed by atoms with Crippen LogP contribution in [0.25, 0.3) is 11.4 Å². The Morgan fingerprint density at radius 1 is 1.27 bits per heavy atom. The molecule has 3 rings (SSSR count). The summed E-state index contributed by atoms with van der Waals surface area (Å²) in [6.45, 7) is 11.4. The fourth-order valence-electron chi connectivity index (χ4n) is 2.99. The highest BCUT2D eigenvalue weighted by molar-refractivity contribution is 5.67. The minimum atomic E-state index is -0.492. The number of alkyl carbamates (subject to hydrolysis) is 1. The van der Waals surface area contributed by atoms with Gasteiger partial charge in [-0.05, 0) is 38.2 Å². The van der Waals surface area contributed by atoms with Crippen LogP contribution in [0.1, 0.15) is 52.4 Å². The first kappa shape index (κ1) is 18.4. The minimum absolute atomic E-state index is 0.289. The maximum Gasteiger partial charge on any atom is 0.407 e. The van der Waals surface area contributed by atoms with Gasteiger partial charge in [0.1, 0.15) is 11.4 Å². The van der Waals surface area contributed by atoms with Crippen molar-refractivity contribution in [1.82, 2.24) is 20.1 Å². The first-order valence-corrected chi connectivity index (χ1v) is 9.11. The maximum absolute atomic E-state index is 11.7. The highest BCUT2D eigenvalue weighted by Crippen LogP contribution is 2.31. The third-order valence-corrected chi connectivity index (χ3v) is 4.43. The lowest BCUT2D eigenvalue weighted by atomic mass is 9.83. The summed E-state index contributed by atoms with van der Waals surface area (Å²) in [7, 11) is 0. The van der Waals surface area contributed by atoms with Crippen LogP contribution in [0.5, 0.6) is 0 Å². The average molecular weight is 356 g/mol. The predicted molar refractivity (Wildman–Crippen MR) is 101 cm³/mol. The largest absolute Gasteiger partial charge is 0.444 e. The van der Waals surface area contributed by atoms with Crippen LogP contribution >= 0.6 is 0 Å². The van der Waals surface area contributed by atoms with E-state index >= 15 is 0 Å². The minimum Gasteiger partial charge on any atom is -0.444 e. The number of benzene rings is 1. The Kier molecular flexibility index (Phi) is 4.78. The highest BCUT2D eigenvalue weighted by atomic mass is 16.6. The zero-order chi connectivity index (χ0) is 18.9. The molecule has 1 N–H and O–H groups in total. The van der Waals surface area contributed by atoms with Gasteiger partial charge in [0.2, 0.25) is 0 Å². The molecule has 0 atom stereocenters. The van der Waals surface area contributed by atoms with E-state index in [2.05, 4.69) is 24.3 Å². The van der Waals surface area contributed by atoms with Crippen LogP contribution in [0.3, 0.4) is 0 Å². The van der Waals surface area contributed by atoms with Crippen LogP contribution < -0.4 is 5.32 Å². The molecule has 1 amide bonds. The number of hydrogen-bond donors (Lipinski definition) is 1. The SMILES string of the molecule is CC1(C)CCn2nc(-c3ccc(CNC(=O)OC(C)(C)C)cc3)nc2C1. The molecule has 0 aliphatic carbocycles. The van der Waals surface area contributed by atoms with Crippen molar-refractivity contribution in [2.75, 3.05) is 0 Å². The molecule has 140 valence electrons. The van der Waals surface area contributed by atoms with Crippen LogP contribution in [-0.2, 0) is 24.2 Å². The molecular weight excluding hydrogens is 328 g/mol. The Balaban J connectivity index is 1.63. The van der Waals surface area contributed by atoms with Crippen molar-refractivity contribution in [2.24, 2.45) is 5.41 Å². The Bertz CT molecular complexity index is 785. The summed E-state index contributed by atoms with van der Waals surface area (Å²) in [5, 5.41) is 7.41. The van der Waals surface area contributed by atoms with Gasteiger partial charge in [-0.25, -0.2) is 14.5 Å². The number of rotatable bonds is 3. The molecule has 0 radical (unpaired) electrons. The molecule has 0 bridgehead atoms. The van der Waals surface area contributed by atoms with Gasteiger partial charge in [-0.15, -0.1) is 0 Å². The van der Waals surface area contributed by atoms with Crippen LogP contribution in [0, 0.1) is 5.41 Å². The first-order chi connectivity index (χ1) is 12.1. The van der Waals surface area contributed by atoms with Crippen molar-refractivity contribution in [3.8, 4) is 11.4 Å². The van der Waals surface area contributed by atoms with Gasteiger partial charge in [-0.1, -0.05) is 38.1 Å². The zero-order valence-electron chi connectivity index (χ0n) is 16.3. The highest BCUT2D eigenvalue weighted by Gasteiger charge is 2.27. The number of nitrogens with zero attached hydrogens (tertiary/aromatic N) is 3. The van der Waals surface area contributed by atoms with Crippen LogP contribution in [0.2, 0.25) is 0 Å². The first-order valence-electron chi connectivity index (χ1n) is 9.11. The van der Waals surface area contributed by atoms with Gasteiger partial charge in [0.25, 0.3) is 0 Å². The summed E-state index contributed by atoms with van der Waals surface area (Å²) < 4.78 is 7.27. The number of nitrogens with one attached hydrogen (secondary N) is 1. The second kappa shape index (κ2) is 6.74. The topological polar surface area (TPSA) is 69.0 Å². The molecular formula is C20H28N4O2. The number of carbonyl (C=O) groups excluding carboxylic acids is 1. The number of hydrogen-bond acceptors (Lipinski definition) is 4. The molecule has 1 aliphatic heterocycles. The molecule has 0 spiro atoms. The molecule has 0 saturated heterocycles. The lowest BCUT2D eigenvalue weighted by Gasteiger charge is -2.28. The van der Waals surface area contributed by atoms with Gasteiger partial charge in [0, 0.05) is 25.1 Å². The van der Waals surface area contributed by atoms with E-state index in [0.717, 1.165) is 42.2 Å². The molecule has 1 aliphatic rings. The van der Waals surface area contributed by atoms with Gasteiger partial charge in [-0.3, -0.25) is 0 Å². The van der Waals surface area contributed by atoms with Gasteiger partial charge in [0.15, 0.2) is 5.82 Å². The second-order valence-corrected chi connectivity index (χ2v) is 8.72. The number of carbonyl (C=O) groups is 1. The van der Waals surface area contributed by atoms with E-state index in [1.807, 2.05) is 49.7 Å². The third kappa shape index (κ3) is 4.62. The fourth-order valence-corrected chi connectivity index (χ4v) is 2.99. The second-order valence-electron chi connectivity index (χ2n) is 8.72. The van der Waals surface area contributed by atoms with Crippen LogP contribution in [0.4, 0.5) is 4.79 Å². The van der Waals surface area contributed by atoms with E-state index in [1.165, 1.54) is 0 Å². The zero-order valence-corrected chi connectivity index (χ0v) is 16.3. The predicted octanol–water partition coefficient (Wildman–Crippen LogP) is 3.94. The van der Waals surface area contributed by atoms with E-state index < -0.39 is 11.7 Å². The van der Waals surface area contributed by atoms with Gasteiger partial charge in [0.05, 0.1) is 0 Å². The molecule has 0 saturated carbocycles. The van der Waals surface area contributed by atoms with Crippen molar-refractivity contribution in [3.63, 3.8) is 0 Å². The quantitative estimate of drug-likeness (QED) is 0.904. The third-order valence-electron chi connectivity index (χ3n) is 4.43. The molecule has 1 aromatic heterocycles. The maximum atomic E-state index is 11.7. The lowest BCUT2D eigenvalue weighted by molar-refractivity contribution is 0.0523. The molecule has 2 heterocycles. The van der Waals surface area contributed by atoms with Crippen molar-refractivity contribution < 1.29 is 9.53 Å². The summed E-state index contributed by atoms with van der Waals surface area (Å²) in [6, 6.07) is 7.96. The fraction of sp³-hybridized carbons (Fsp3) is 0.550. The van der Waals surface area contributed by atoms with Gasteiger partial charge < -0.3 is 10.1 Å². The van der Waals surface area contributed by atoms with Gasteiger partial charge >= 0.3 is 6.09 Å². The van der Waals surface area contributed by atoms with Crippen molar-refractivity contribution in [2.45, 2.75) is 66.2 Å². The number of aryl methyl sites for hydroxylation is 1. The average Bonchev–Trinajstić information content (AvgIpc) is 2.93. The van der Waals surface area contributed by atoms with Crippen molar-refractivity contribution in [3.05, 3.63) is 35.7 Å². The summed E-state index contributed by atoms with van der Waals surface area (Å²) in [5.41, 5.74) is 1.79. The number of aromatic nitrogens is 3. The van der Waals surface area contributed by atoms with E-state index in [-0.39, 0.29) is 5.41 Å². The van der Waals surface area contributed by atoms with Crippen LogP contribution in [0.15, 0.2) is 24.3 Å². The number of fused-ring (bicyclic) bond motifs is 1. The molecule has 0 fully saturated rings. The van der Waals surface area contributed by atoms with Crippen molar-refractivity contribution >= 4 is 6.09 Å². The lowest BCUT2D eigenvalue weighted by Crippen LogP contribution is -2.32. The standard InChI is InChI=1S/C20H28N4O2/c1-19(2,3)26-18(25)21-13-14-6-8-15(9-7-14)17-22-16-12-20(4,5)10-11-24(16)23-17/h6-9H,10-13H2,1-5H3,(H,21,25). The normalized spacial score (nSPS) is 16.0. The summed E-state index contributed by atoms with van der Waals surface area (Å²) in [6.07, 6.45) is 1.67. The van der Waals surface area contributed by atoms with E-state index in [1.54, 1.807) is 0 Å². The number of amides is 1. The molecule has 1 aromatic carbocycles. The Hall–Kier alpha value is -2.37. The Morgan fingerprint density at radius 2 is 1.96 bits per heavy atom. The van der Waals surface area contributed by atoms with E-state index in [9.17, 15) is 4.79 Å². The van der Waals surface area contributed by atoms with Crippen molar-refractivity contribution in [1.29, 1.82) is 0 Å². The summed E-state index contributed by atoms with van der Waals surface area (Å²) >= 11 is 0. The Morgan fingerprint density at radius 3 is 2.62 bits per heavy atom. The molecule has 6 nitrogen and oxygen atoms in total. The molecule has 26 heavy (non-hydrogen) atoms. The molecule has 0 unspecified atom stereocenters.